The maximum absolute atomic E-state index is 12.2. The van der Waals surface area contributed by atoms with E-state index in [-0.39, 0.29) is 17.1 Å². The van der Waals surface area contributed by atoms with Gasteiger partial charge in [0.15, 0.2) is 5.78 Å². The first-order valence-electron chi connectivity index (χ1n) is 8.21. The van der Waals surface area contributed by atoms with Gasteiger partial charge in [0.2, 0.25) is 5.91 Å². The van der Waals surface area contributed by atoms with E-state index in [9.17, 15) is 9.59 Å². The van der Waals surface area contributed by atoms with Crippen molar-refractivity contribution in [3.8, 4) is 0 Å². The largest absolute Gasteiger partial charge is 0.362 e. The van der Waals surface area contributed by atoms with Gasteiger partial charge in [-0.05, 0) is 35.2 Å². The van der Waals surface area contributed by atoms with Crippen molar-refractivity contribution in [1.29, 1.82) is 0 Å². The lowest BCUT2D eigenvalue weighted by molar-refractivity contribution is -0.114. The van der Waals surface area contributed by atoms with E-state index < -0.39 is 0 Å². The first-order valence-corrected chi connectivity index (χ1v) is 8.21. The Hall–Kier alpha value is -2.88. The lowest BCUT2D eigenvalue weighted by Crippen LogP contribution is -2.11. The minimum atomic E-state index is -0.108. The van der Waals surface area contributed by atoms with Crippen LogP contribution >= 0.6 is 0 Å². The molecule has 0 saturated carbocycles. The van der Waals surface area contributed by atoms with Crippen LogP contribution in [0.1, 0.15) is 43.6 Å². The predicted molar refractivity (Wildman–Crippen MR) is 103 cm³/mol. The molecule has 0 fully saturated rings. The van der Waals surface area contributed by atoms with Crippen molar-refractivity contribution in [1.82, 2.24) is 0 Å². The average molecular weight is 336 g/mol. The Labute approximate surface area is 149 Å². The van der Waals surface area contributed by atoms with E-state index in [0.29, 0.717) is 5.56 Å². The highest BCUT2D eigenvalue weighted by molar-refractivity contribution is 6.04. The summed E-state index contributed by atoms with van der Waals surface area (Å²) in [7, 11) is 0. The van der Waals surface area contributed by atoms with Crippen molar-refractivity contribution < 1.29 is 9.59 Å². The lowest BCUT2D eigenvalue weighted by atomic mass is 9.86. The Bertz CT molecular complexity index is 767. The van der Waals surface area contributed by atoms with E-state index in [1.54, 1.807) is 18.3 Å². The molecule has 0 saturated heterocycles. The molecule has 4 heteroatoms. The number of carbonyl (C=O) groups excluding carboxylic acids is 2. The number of amides is 1. The highest BCUT2D eigenvalue weighted by atomic mass is 16.1. The van der Waals surface area contributed by atoms with Crippen LogP contribution < -0.4 is 10.6 Å². The molecule has 2 rings (SSSR count). The van der Waals surface area contributed by atoms with E-state index in [0.717, 1.165) is 11.4 Å². The summed E-state index contributed by atoms with van der Waals surface area (Å²) in [5.41, 5.74) is 3.50. The molecule has 0 spiro atoms. The summed E-state index contributed by atoms with van der Waals surface area (Å²) in [6.07, 6.45) is 3.13. The molecule has 0 atom stereocenters. The fourth-order valence-electron chi connectivity index (χ4n) is 2.30. The first kappa shape index (κ1) is 18.5. The molecule has 0 bridgehead atoms. The zero-order valence-electron chi connectivity index (χ0n) is 15.1. The Balaban J connectivity index is 1.95. The second-order valence-corrected chi connectivity index (χ2v) is 6.93. The molecule has 2 aromatic carbocycles. The van der Waals surface area contributed by atoms with Crippen molar-refractivity contribution in [2.45, 2.75) is 33.1 Å². The summed E-state index contributed by atoms with van der Waals surface area (Å²) < 4.78 is 0. The second-order valence-electron chi connectivity index (χ2n) is 6.93. The average Bonchev–Trinajstić information content (AvgIpc) is 2.55. The van der Waals surface area contributed by atoms with E-state index in [4.69, 9.17) is 0 Å². The summed E-state index contributed by atoms with van der Waals surface area (Å²) in [6, 6.07) is 15.0. The molecule has 0 aliphatic carbocycles. The van der Waals surface area contributed by atoms with E-state index in [1.165, 1.54) is 18.6 Å². The first-order chi connectivity index (χ1) is 11.8. The molecule has 0 radical (unpaired) electrons. The summed E-state index contributed by atoms with van der Waals surface area (Å²) in [6.45, 7) is 7.90. The fourth-order valence-corrected chi connectivity index (χ4v) is 2.30. The minimum absolute atomic E-state index is 0.0529. The Morgan fingerprint density at radius 1 is 0.880 bits per heavy atom. The SMILES string of the molecule is CC(=O)Nc1ccc(NC=CC(=O)c2ccc(C(C)(C)C)cc2)cc1. The third-order valence-corrected chi connectivity index (χ3v) is 3.73. The molecule has 4 nitrogen and oxygen atoms in total. The van der Waals surface area contributed by atoms with Gasteiger partial charge in [-0.3, -0.25) is 9.59 Å². The predicted octanol–water partition coefficient (Wildman–Crippen LogP) is 4.75. The highest BCUT2D eigenvalue weighted by Gasteiger charge is 2.13. The van der Waals surface area contributed by atoms with Crippen LogP contribution in [0.5, 0.6) is 0 Å². The molecule has 2 aromatic rings. The number of benzene rings is 2. The van der Waals surface area contributed by atoms with Crippen molar-refractivity contribution in [3.05, 3.63) is 71.9 Å². The van der Waals surface area contributed by atoms with E-state index in [1.807, 2.05) is 36.4 Å². The summed E-state index contributed by atoms with van der Waals surface area (Å²) in [4.78, 5) is 23.2. The fraction of sp³-hybridized carbons (Fsp3) is 0.238. The zero-order valence-corrected chi connectivity index (χ0v) is 15.1. The molecule has 0 aromatic heterocycles. The van der Waals surface area contributed by atoms with Gasteiger partial charge in [-0.1, -0.05) is 45.0 Å². The van der Waals surface area contributed by atoms with Gasteiger partial charge in [0.1, 0.15) is 0 Å². The van der Waals surface area contributed by atoms with E-state index >= 15 is 0 Å². The third kappa shape index (κ3) is 5.60. The van der Waals surface area contributed by atoms with Gasteiger partial charge < -0.3 is 10.6 Å². The number of hydrogen-bond acceptors (Lipinski definition) is 3. The number of allylic oxidation sites excluding steroid dienone is 1. The quantitative estimate of drug-likeness (QED) is 0.612. The number of nitrogens with one attached hydrogen (secondary N) is 2. The smallest absolute Gasteiger partial charge is 0.221 e. The number of rotatable bonds is 5. The van der Waals surface area contributed by atoms with Crippen LogP contribution in [0.2, 0.25) is 0 Å². The van der Waals surface area contributed by atoms with Crippen molar-refractivity contribution in [3.63, 3.8) is 0 Å². The van der Waals surface area contributed by atoms with Gasteiger partial charge in [-0.25, -0.2) is 0 Å². The van der Waals surface area contributed by atoms with Gasteiger partial charge in [0.25, 0.3) is 0 Å². The summed E-state index contributed by atoms with van der Waals surface area (Å²) >= 11 is 0. The molecular formula is C21H24N2O2. The van der Waals surface area contributed by atoms with Crippen LogP contribution in [0.3, 0.4) is 0 Å². The Morgan fingerprint density at radius 3 is 1.96 bits per heavy atom. The number of ketones is 1. The molecule has 25 heavy (non-hydrogen) atoms. The topological polar surface area (TPSA) is 58.2 Å². The van der Waals surface area contributed by atoms with Gasteiger partial charge >= 0.3 is 0 Å². The van der Waals surface area contributed by atoms with Crippen molar-refractivity contribution in [2.75, 3.05) is 10.6 Å². The van der Waals surface area contributed by atoms with Crippen LogP contribution in [0.25, 0.3) is 0 Å². The summed E-state index contributed by atoms with van der Waals surface area (Å²) in [5, 5.41) is 5.75. The number of hydrogen-bond donors (Lipinski definition) is 2. The molecule has 1 amide bonds. The minimum Gasteiger partial charge on any atom is -0.362 e. The van der Waals surface area contributed by atoms with Gasteiger partial charge in [0.05, 0.1) is 0 Å². The molecule has 0 aliphatic heterocycles. The highest BCUT2D eigenvalue weighted by Crippen LogP contribution is 2.22. The van der Waals surface area contributed by atoms with Crippen LogP contribution in [-0.4, -0.2) is 11.7 Å². The zero-order chi connectivity index (χ0) is 18.4. The Kier molecular flexibility index (Phi) is 5.75. The van der Waals surface area contributed by atoms with Gasteiger partial charge in [-0.2, -0.15) is 0 Å². The number of anilines is 2. The molecule has 130 valence electrons. The normalized spacial score (nSPS) is 11.4. The summed E-state index contributed by atoms with van der Waals surface area (Å²) in [5.74, 6) is -0.161. The molecule has 0 aliphatic rings. The van der Waals surface area contributed by atoms with Crippen molar-refractivity contribution >= 4 is 23.1 Å². The van der Waals surface area contributed by atoms with Crippen LogP contribution in [0.4, 0.5) is 11.4 Å². The maximum atomic E-state index is 12.2. The molecule has 0 unspecified atom stereocenters. The molecule has 0 heterocycles. The monoisotopic (exact) mass is 336 g/mol. The van der Waals surface area contributed by atoms with Crippen LogP contribution in [-0.2, 0) is 10.2 Å². The lowest BCUT2D eigenvalue weighted by Gasteiger charge is -2.18. The van der Waals surface area contributed by atoms with Crippen LogP contribution in [0.15, 0.2) is 60.8 Å². The molecular weight excluding hydrogens is 312 g/mol. The second kappa shape index (κ2) is 7.79. The Morgan fingerprint density at radius 2 is 1.44 bits per heavy atom. The van der Waals surface area contributed by atoms with Crippen molar-refractivity contribution in [2.24, 2.45) is 0 Å². The van der Waals surface area contributed by atoms with E-state index in [2.05, 4.69) is 31.4 Å². The van der Waals surface area contributed by atoms with Gasteiger partial charge in [0, 0.05) is 36.1 Å². The standard InChI is InChI=1S/C21H24N2O2/c1-15(24)23-19-11-9-18(10-12-19)22-14-13-20(25)16-5-7-17(8-6-16)21(2,3)4/h5-14,22H,1-4H3,(H,23,24). The maximum Gasteiger partial charge on any atom is 0.221 e. The van der Waals surface area contributed by atoms with Crippen LogP contribution in [0, 0.1) is 0 Å². The molecule has 2 N–H and O–H groups in total. The third-order valence-electron chi connectivity index (χ3n) is 3.73. The van der Waals surface area contributed by atoms with Gasteiger partial charge in [-0.15, -0.1) is 0 Å². The number of carbonyl (C=O) groups is 2.